The second-order valence-corrected chi connectivity index (χ2v) is 5.47. The van der Waals surface area contributed by atoms with E-state index in [1.54, 1.807) is 6.07 Å². The summed E-state index contributed by atoms with van der Waals surface area (Å²) in [6.07, 6.45) is 3.66. The predicted octanol–water partition coefficient (Wildman–Crippen LogP) is 2.34. The van der Waals surface area contributed by atoms with Gasteiger partial charge in [-0.1, -0.05) is 12.1 Å². The molecular weight excluding hydrogens is 282 g/mol. The standard InChI is InChI=1S/C16H17N3O3/c1-9-7-18-14-12(15(17)20)5-4-11(13(9)14)10-3-2-6-19(8-10)16(21)22/h3-5,7,18H,2,6,8H2,1H3,(H2,17,20)(H,21,22). The van der Waals surface area contributed by atoms with Crippen molar-refractivity contribution in [2.24, 2.45) is 5.73 Å². The van der Waals surface area contributed by atoms with Crippen LogP contribution < -0.4 is 5.73 Å². The fraction of sp³-hybridized carbons (Fsp3) is 0.250. The predicted molar refractivity (Wildman–Crippen MR) is 83.7 cm³/mol. The first kappa shape index (κ1) is 14.2. The number of carboxylic acid groups (broad SMARTS) is 1. The largest absolute Gasteiger partial charge is 0.465 e. The Morgan fingerprint density at radius 3 is 2.82 bits per heavy atom. The molecule has 0 radical (unpaired) electrons. The van der Waals surface area contributed by atoms with E-state index in [0.29, 0.717) is 30.6 Å². The van der Waals surface area contributed by atoms with Gasteiger partial charge in [0.25, 0.3) is 5.91 Å². The van der Waals surface area contributed by atoms with Crippen LogP contribution in [0.15, 0.2) is 24.4 Å². The summed E-state index contributed by atoms with van der Waals surface area (Å²) >= 11 is 0. The fourth-order valence-corrected chi connectivity index (χ4v) is 2.99. The van der Waals surface area contributed by atoms with Crippen LogP contribution in [-0.4, -0.2) is 40.1 Å². The lowest BCUT2D eigenvalue weighted by atomic mass is 9.94. The van der Waals surface area contributed by atoms with Gasteiger partial charge in [0, 0.05) is 24.7 Å². The summed E-state index contributed by atoms with van der Waals surface area (Å²) in [5.41, 5.74) is 9.47. The van der Waals surface area contributed by atoms with Crippen LogP contribution in [0.2, 0.25) is 0 Å². The number of benzene rings is 1. The number of carbonyl (C=O) groups is 2. The number of nitrogens with zero attached hydrogens (tertiary/aromatic N) is 1. The number of aromatic nitrogens is 1. The topological polar surface area (TPSA) is 99.4 Å². The van der Waals surface area contributed by atoms with E-state index in [-0.39, 0.29) is 0 Å². The zero-order valence-electron chi connectivity index (χ0n) is 12.2. The normalized spacial score (nSPS) is 15.0. The van der Waals surface area contributed by atoms with E-state index in [0.717, 1.165) is 22.1 Å². The Morgan fingerprint density at radius 2 is 2.14 bits per heavy atom. The summed E-state index contributed by atoms with van der Waals surface area (Å²) < 4.78 is 0. The number of primary amides is 1. The quantitative estimate of drug-likeness (QED) is 0.793. The molecule has 22 heavy (non-hydrogen) atoms. The van der Waals surface area contributed by atoms with E-state index in [1.165, 1.54) is 4.90 Å². The molecule has 0 saturated carbocycles. The van der Waals surface area contributed by atoms with Crippen molar-refractivity contribution in [2.45, 2.75) is 13.3 Å². The van der Waals surface area contributed by atoms with Crippen LogP contribution in [0.5, 0.6) is 0 Å². The van der Waals surface area contributed by atoms with Gasteiger partial charge >= 0.3 is 6.09 Å². The number of hydrogen-bond acceptors (Lipinski definition) is 2. The van der Waals surface area contributed by atoms with Crippen molar-refractivity contribution in [3.8, 4) is 0 Å². The van der Waals surface area contributed by atoms with Gasteiger partial charge < -0.3 is 20.7 Å². The molecule has 0 atom stereocenters. The fourth-order valence-electron chi connectivity index (χ4n) is 2.99. The van der Waals surface area contributed by atoms with E-state index in [4.69, 9.17) is 5.73 Å². The maximum atomic E-state index is 11.6. The second kappa shape index (κ2) is 5.22. The molecule has 6 nitrogen and oxygen atoms in total. The zero-order chi connectivity index (χ0) is 15.9. The van der Waals surface area contributed by atoms with Crippen LogP contribution in [0.1, 0.15) is 27.9 Å². The molecule has 1 aromatic heterocycles. The number of nitrogens with two attached hydrogens (primary N) is 1. The Morgan fingerprint density at radius 1 is 1.36 bits per heavy atom. The summed E-state index contributed by atoms with van der Waals surface area (Å²) in [7, 11) is 0. The van der Waals surface area contributed by atoms with Crippen molar-refractivity contribution < 1.29 is 14.7 Å². The molecule has 2 aromatic rings. The third-order valence-electron chi connectivity index (χ3n) is 4.07. The Kier molecular flexibility index (Phi) is 3.36. The maximum Gasteiger partial charge on any atom is 0.407 e. The SMILES string of the molecule is Cc1c[nH]c2c(C(N)=O)ccc(C3=CCCN(C(=O)O)C3)c12. The molecule has 0 unspecified atom stereocenters. The van der Waals surface area contributed by atoms with Crippen LogP contribution in [0.3, 0.4) is 0 Å². The molecule has 1 aliphatic heterocycles. The van der Waals surface area contributed by atoms with E-state index in [9.17, 15) is 14.7 Å². The molecular formula is C16H17N3O3. The first-order valence-corrected chi connectivity index (χ1v) is 7.07. The molecule has 6 heteroatoms. The number of amides is 2. The average Bonchev–Trinajstić information content (AvgIpc) is 2.88. The number of H-pyrrole nitrogens is 1. The van der Waals surface area contributed by atoms with Gasteiger partial charge in [-0.3, -0.25) is 4.79 Å². The highest BCUT2D eigenvalue weighted by atomic mass is 16.4. The first-order chi connectivity index (χ1) is 10.5. The molecule has 114 valence electrons. The van der Waals surface area contributed by atoms with Crippen molar-refractivity contribution in [2.75, 3.05) is 13.1 Å². The highest BCUT2D eigenvalue weighted by molar-refractivity contribution is 6.09. The number of aromatic amines is 1. The maximum absolute atomic E-state index is 11.6. The molecule has 4 N–H and O–H groups in total. The van der Waals surface area contributed by atoms with Gasteiger partial charge in [-0.2, -0.15) is 0 Å². The molecule has 0 saturated heterocycles. The molecule has 0 spiro atoms. The molecule has 3 rings (SSSR count). The number of carbonyl (C=O) groups excluding carboxylic acids is 1. The van der Waals surface area contributed by atoms with Crippen LogP contribution in [-0.2, 0) is 0 Å². The van der Waals surface area contributed by atoms with Crippen LogP contribution in [0.25, 0.3) is 16.5 Å². The van der Waals surface area contributed by atoms with Gasteiger partial charge in [0.2, 0.25) is 0 Å². The van der Waals surface area contributed by atoms with Gasteiger partial charge in [-0.15, -0.1) is 0 Å². The molecule has 2 amide bonds. The Bertz CT molecular complexity index is 804. The summed E-state index contributed by atoms with van der Waals surface area (Å²) in [6, 6.07) is 3.54. The summed E-state index contributed by atoms with van der Waals surface area (Å²) in [4.78, 5) is 27.2. The molecule has 0 aliphatic carbocycles. The van der Waals surface area contributed by atoms with E-state index in [2.05, 4.69) is 11.1 Å². The van der Waals surface area contributed by atoms with Crippen molar-refractivity contribution >= 4 is 28.5 Å². The monoisotopic (exact) mass is 299 g/mol. The summed E-state index contributed by atoms with van der Waals surface area (Å²) in [6.45, 7) is 2.81. The lowest BCUT2D eigenvalue weighted by Gasteiger charge is -2.25. The Hall–Kier alpha value is -2.76. The first-order valence-electron chi connectivity index (χ1n) is 7.07. The molecule has 0 bridgehead atoms. The lowest BCUT2D eigenvalue weighted by molar-refractivity contribution is 0.100. The molecule has 2 heterocycles. The summed E-state index contributed by atoms with van der Waals surface area (Å²) in [5, 5.41) is 10.1. The van der Waals surface area contributed by atoms with Gasteiger partial charge in [-0.25, -0.2) is 4.79 Å². The van der Waals surface area contributed by atoms with Gasteiger partial charge in [0.05, 0.1) is 11.1 Å². The van der Waals surface area contributed by atoms with Gasteiger partial charge in [-0.05, 0) is 36.1 Å². The number of nitrogens with one attached hydrogen (secondary N) is 1. The zero-order valence-corrected chi connectivity index (χ0v) is 12.2. The Balaban J connectivity index is 2.14. The third-order valence-corrected chi connectivity index (χ3v) is 4.07. The lowest BCUT2D eigenvalue weighted by Crippen LogP contribution is -2.34. The van der Waals surface area contributed by atoms with Crippen LogP contribution in [0.4, 0.5) is 4.79 Å². The van der Waals surface area contributed by atoms with Crippen molar-refractivity contribution in [1.82, 2.24) is 9.88 Å². The number of fused-ring (bicyclic) bond motifs is 1. The van der Waals surface area contributed by atoms with Crippen molar-refractivity contribution in [3.05, 3.63) is 41.1 Å². The minimum absolute atomic E-state index is 0.352. The second-order valence-electron chi connectivity index (χ2n) is 5.47. The highest BCUT2D eigenvalue weighted by Crippen LogP contribution is 2.32. The van der Waals surface area contributed by atoms with Crippen molar-refractivity contribution in [3.63, 3.8) is 0 Å². The van der Waals surface area contributed by atoms with Crippen molar-refractivity contribution in [1.29, 1.82) is 0 Å². The number of hydrogen-bond donors (Lipinski definition) is 3. The molecule has 1 aromatic carbocycles. The minimum Gasteiger partial charge on any atom is -0.465 e. The van der Waals surface area contributed by atoms with Crippen LogP contribution >= 0.6 is 0 Å². The smallest absolute Gasteiger partial charge is 0.407 e. The van der Waals surface area contributed by atoms with Crippen LogP contribution in [0, 0.1) is 6.92 Å². The molecule has 0 fully saturated rings. The third kappa shape index (κ3) is 2.22. The number of aryl methyl sites for hydroxylation is 1. The summed E-state index contributed by atoms with van der Waals surface area (Å²) in [5.74, 6) is -0.483. The van der Waals surface area contributed by atoms with E-state index >= 15 is 0 Å². The minimum atomic E-state index is -0.915. The Labute approximate surface area is 127 Å². The average molecular weight is 299 g/mol. The molecule has 1 aliphatic rings. The van der Waals surface area contributed by atoms with E-state index < -0.39 is 12.0 Å². The van der Waals surface area contributed by atoms with Gasteiger partial charge in [0.1, 0.15) is 0 Å². The highest BCUT2D eigenvalue weighted by Gasteiger charge is 2.21. The van der Waals surface area contributed by atoms with E-state index in [1.807, 2.05) is 19.2 Å². The van der Waals surface area contributed by atoms with Gasteiger partial charge in [0.15, 0.2) is 0 Å². The number of rotatable bonds is 2.